The van der Waals surface area contributed by atoms with E-state index >= 15 is 0 Å². The molecule has 4 heterocycles. The standard InChI is InChI=1S/C23H24N6O3.ClH/c1-13-8-15(4-6-24-13)23-27-21(14(2)32-23)22(31)26-18-10-19-16(11-25-28(19)3)9-20(18)29-7-5-17(30)12-29;/h4,6,8-11,17,30H,5,7,12H2,1-3H3,(H,26,31);1H. The van der Waals surface area contributed by atoms with Gasteiger partial charge in [0.15, 0.2) is 5.69 Å². The lowest BCUT2D eigenvalue weighted by Gasteiger charge is -2.22. The summed E-state index contributed by atoms with van der Waals surface area (Å²) < 4.78 is 7.54. The van der Waals surface area contributed by atoms with E-state index in [9.17, 15) is 9.90 Å². The highest BCUT2D eigenvalue weighted by Gasteiger charge is 2.25. The lowest BCUT2D eigenvalue weighted by Crippen LogP contribution is -2.23. The molecule has 172 valence electrons. The van der Waals surface area contributed by atoms with E-state index in [-0.39, 0.29) is 30.1 Å². The number of aliphatic hydroxyl groups excluding tert-OH is 1. The Morgan fingerprint density at radius 3 is 2.82 bits per heavy atom. The molecule has 0 bridgehead atoms. The highest BCUT2D eigenvalue weighted by atomic mass is 35.5. The summed E-state index contributed by atoms with van der Waals surface area (Å²) in [7, 11) is 1.86. The number of nitrogens with one attached hydrogen (secondary N) is 1. The molecule has 2 N–H and O–H groups in total. The first kappa shape index (κ1) is 22.8. The van der Waals surface area contributed by atoms with Crippen molar-refractivity contribution in [2.24, 2.45) is 7.05 Å². The number of hydrogen-bond donors (Lipinski definition) is 2. The second-order valence-corrected chi connectivity index (χ2v) is 8.15. The van der Waals surface area contributed by atoms with E-state index in [0.29, 0.717) is 36.8 Å². The maximum absolute atomic E-state index is 13.2. The van der Waals surface area contributed by atoms with Gasteiger partial charge in [-0.1, -0.05) is 0 Å². The lowest BCUT2D eigenvalue weighted by molar-refractivity contribution is 0.102. The van der Waals surface area contributed by atoms with Crippen molar-refractivity contribution in [3.63, 3.8) is 0 Å². The molecule has 1 aliphatic heterocycles. The fourth-order valence-corrected chi connectivity index (χ4v) is 4.10. The Hall–Kier alpha value is -3.43. The van der Waals surface area contributed by atoms with Crippen molar-refractivity contribution in [3.05, 3.63) is 53.8 Å². The number of pyridine rings is 1. The molecule has 0 radical (unpaired) electrons. The van der Waals surface area contributed by atoms with Crippen LogP contribution < -0.4 is 10.2 Å². The Morgan fingerprint density at radius 2 is 2.09 bits per heavy atom. The predicted octanol–water partition coefficient (Wildman–Crippen LogP) is 3.49. The molecule has 10 heteroatoms. The van der Waals surface area contributed by atoms with Gasteiger partial charge in [0.25, 0.3) is 5.91 Å². The first-order chi connectivity index (χ1) is 15.4. The molecular weight excluding hydrogens is 444 g/mol. The Bertz CT molecular complexity index is 1330. The highest BCUT2D eigenvalue weighted by molar-refractivity contribution is 6.07. The number of carbonyl (C=O) groups is 1. The number of fused-ring (bicyclic) bond motifs is 1. The molecule has 1 fully saturated rings. The van der Waals surface area contributed by atoms with Gasteiger partial charge in [-0.25, -0.2) is 4.98 Å². The van der Waals surface area contributed by atoms with Crippen molar-refractivity contribution >= 4 is 40.6 Å². The predicted molar refractivity (Wildman–Crippen MR) is 128 cm³/mol. The van der Waals surface area contributed by atoms with E-state index in [4.69, 9.17) is 4.42 Å². The maximum atomic E-state index is 13.2. The number of amides is 1. The number of nitrogens with zero attached hydrogens (tertiary/aromatic N) is 5. The van der Waals surface area contributed by atoms with Crippen molar-refractivity contribution in [2.75, 3.05) is 23.3 Å². The molecule has 1 amide bonds. The number of rotatable bonds is 4. The molecule has 5 rings (SSSR count). The smallest absolute Gasteiger partial charge is 0.277 e. The van der Waals surface area contributed by atoms with Crippen LogP contribution in [0.2, 0.25) is 0 Å². The molecule has 33 heavy (non-hydrogen) atoms. The van der Waals surface area contributed by atoms with Crippen LogP contribution >= 0.6 is 12.4 Å². The van der Waals surface area contributed by atoms with Crippen molar-refractivity contribution in [2.45, 2.75) is 26.4 Å². The number of aromatic nitrogens is 4. The molecule has 4 aromatic rings. The number of benzene rings is 1. The minimum atomic E-state index is -0.382. The first-order valence-corrected chi connectivity index (χ1v) is 10.5. The molecule has 0 aliphatic carbocycles. The molecule has 9 nitrogen and oxygen atoms in total. The van der Waals surface area contributed by atoms with Gasteiger partial charge in [0.2, 0.25) is 5.89 Å². The molecule has 0 saturated carbocycles. The van der Waals surface area contributed by atoms with E-state index in [2.05, 4.69) is 25.3 Å². The van der Waals surface area contributed by atoms with Crippen LogP contribution in [-0.2, 0) is 7.05 Å². The van der Waals surface area contributed by atoms with E-state index in [0.717, 1.165) is 27.8 Å². The number of anilines is 2. The normalized spacial score (nSPS) is 15.6. The van der Waals surface area contributed by atoms with Crippen molar-refractivity contribution in [1.29, 1.82) is 0 Å². The van der Waals surface area contributed by atoms with Crippen LogP contribution in [0, 0.1) is 13.8 Å². The number of oxazole rings is 1. The quantitative estimate of drug-likeness (QED) is 0.471. The topological polar surface area (TPSA) is 109 Å². The fourth-order valence-electron chi connectivity index (χ4n) is 4.10. The van der Waals surface area contributed by atoms with Crippen molar-refractivity contribution in [3.8, 4) is 11.5 Å². The van der Waals surface area contributed by atoms with Crippen LogP contribution in [-0.4, -0.2) is 50.0 Å². The largest absolute Gasteiger partial charge is 0.441 e. The Labute approximate surface area is 196 Å². The number of aliphatic hydroxyl groups is 1. The number of aryl methyl sites for hydroxylation is 3. The van der Waals surface area contributed by atoms with Gasteiger partial charge in [0, 0.05) is 43.0 Å². The van der Waals surface area contributed by atoms with Gasteiger partial charge in [0.05, 0.1) is 29.2 Å². The molecule has 0 spiro atoms. The van der Waals surface area contributed by atoms with Gasteiger partial charge >= 0.3 is 0 Å². The summed E-state index contributed by atoms with van der Waals surface area (Å²) in [5.74, 6) is 0.459. The van der Waals surface area contributed by atoms with Gasteiger partial charge in [-0.2, -0.15) is 5.10 Å². The average Bonchev–Trinajstić information content (AvgIpc) is 3.46. The zero-order valence-corrected chi connectivity index (χ0v) is 19.4. The molecular formula is C23H25ClN6O3. The lowest BCUT2D eigenvalue weighted by atomic mass is 10.1. The van der Waals surface area contributed by atoms with Gasteiger partial charge in [-0.3, -0.25) is 14.5 Å². The minimum absolute atomic E-state index is 0. The van der Waals surface area contributed by atoms with Crippen LogP contribution in [0.1, 0.15) is 28.4 Å². The van der Waals surface area contributed by atoms with E-state index in [1.807, 2.05) is 32.2 Å². The summed E-state index contributed by atoms with van der Waals surface area (Å²) >= 11 is 0. The number of β-amino-alcohol motifs (C(OH)–C–C–N with tert-alkyl or cyclic N) is 1. The molecule has 1 aliphatic rings. The SMILES string of the molecule is Cc1cc(-c2nc(C(=O)Nc3cc4c(cnn4C)cc3N3CCC(O)C3)c(C)o2)ccn1.Cl. The molecule has 1 aromatic carbocycles. The third-order valence-corrected chi connectivity index (χ3v) is 5.77. The second-order valence-electron chi connectivity index (χ2n) is 8.15. The van der Waals surface area contributed by atoms with Crippen molar-refractivity contribution < 1.29 is 14.3 Å². The zero-order valence-electron chi connectivity index (χ0n) is 18.6. The summed E-state index contributed by atoms with van der Waals surface area (Å²) in [6.45, 7) is 4.84. The second kappa shape index (κ2) is 8.84. The number of halogens is 1. The van der Waals surface area contributed by atoms with Crippen LogP contribution in [0.5, 0.6) is 0 Å². The van der Waals surface area contributed by atoms with Crippen molar-refractivity contribution in [1.82, 2.24) is 19.7 Å². The zero-order chi connectivity index (χ0) is 22.4. The van der Waals surface area contributed by atoms with E-state index in [1.54, 1.807) is 30.1 Å². The summed E-state index contributed by atoms with van der Waals surface area (Å²) in [5.41, 5.74) is 4.22. The van der Waals surface area contributed by atoms with Crippen LogP contribution in [0.3, 0.4) is 0 Å². The fraction of sp³-hybridized carbons (Fsp3) is 0.304. The third-order valence-electron chi connectivity index (χ3n) is 5.77. The van der Waals surface area contributed by atoms with Crippen LogP contribution in [0.15, 0.2) is 41.1 Å². The molecule has 1 atom stereocenters. The average molecular weight is 469 g/mol. The first-order valence-electron chi connectivity index (χ1n) is 10.5. The summed E-state index contributed by atoms with van der Waals surface area (Å²) in [6.07, 6.45) is 3.79. The summed E-state index contributed by atoms with van der Waals surface area (Å²) in [6, 6.07) is 7.56. The van der Waals surface area contributed by atoms with Gasteiger partial charge in [-0.05, 0) is 44.5 Å². The number of hydrogen-bond acceptors (Lipinski definition) is 7. The minimum Gasteiger partial charge on any atom is -0.441 e. The molecule has 1 saturated heterocycles. The molecule has 3 aromatic heterocycles. The Kier molecular flexibility index (Phi) is 6.09. The van der Waals surface area contributed by atoms with Gasteiger partial charge in [-0.15, -0.1) is 12.4 Å². The summed E-state index contributed by atoms with van der Waals surface area (Å²) in [4.78, 5) is 23.9. The van der Waals surface area contributed by atoms with Crippen LogP contribution in [0.25, 0.3) is 22.4 Å². The van der Waals surface area contributed by atoms with E-state index < -0.39 is 0 Å². The van der Waals surface area contributed by atoms with Gasteiger partial charge in [0.1, 0.15) is 5.76 Å². The third kappa shape index (κ3) is 4.29. The maximum Gasteiger partial charge on any atom is 0.277 e. The monoisotopic (exact) mass is 468 g/mol. The number of carbonyl (C=O) groups excluding carboxylic acids is 1. The molecule has 1 unspecified atom stereocenters. The Balaban J connectivity index is 0.00000259. The highest BCUT2D eigenvalue weighted by Crippen LogP contribution is 2.34. The van der Waals surface area contributed by atoms with Gasteiger partial charge < -0.3 is 19.7 Å². The van der Waals surface area contributed by atoms with E-state index in [1.165, 1.54) is 0 Å². The van der Waals surface area contributed by atoms with Crippen LogP contribution in [0.4, 0.5) is 11.4 Å². The summed E-state index contributed by atoms with van der Waals surface area (Å²) in [5, 5.41) is 18.3. The Morgan fingerprint density at radius 1 is 1.27 bits per heavy atom.